The second-order valence-electron chi connectivity index (χ2n) is 38.1. The summed E-state index contributed by atoms with van der Waals surface area (Å²) in [7, 11) is -18.3. The third-order valence-electron chi connectivity index (χ3n) is 31.4. The van der Waals surface area contributed by atoms with E-state index >= 15 is 0 Å². The summed E-state index contributed by atoms with van der Waals surface area (Å²) in [4.78, 5) is 152. The molecule has 0 amide bonds. The van der Waals surface area contributed by atoms with Crippen LogP contribution in [0.3, 0.4) is 0 Å². The van der Waals surface area contributed by atoms with Crippen LogP contribution in [0, 0.1) is 112 Å². The van der Waals surface area contributed by atoms with Crippen molar-refractivity contribution in [3.8, 4) is 0 Å². The number of alkyl halides is 6. The van der Waals surface area contributed by atoms with Crippen molar-refractivity contribution in [1.29, 1.82) is 0 Å². The van der Waals surface area contributed by atoms with Gasteiger partial charge in [-0.3, -0.25) is 28.8 Å². The molecule has 36 unspecified atom stereocenters. The molecule has 36 atom stereocenters. The number of hydrogen-bond donors (Lipinski definition) is 0. The molecule has 0 radical (unpaired) electrons. The highest BCUT2D eigenvalue weighted by Gasteiger charge is 2.77. The molecule has 129 heavy (non-hydrogen) atoms. The maximum absolute atomic E-state index is 13.9. The van der Waals surface area contributed by atoms with E-state index in [-0.39, 0.29) is 23.7 Å². The van der Waals surface area contributed by atoms with Crippen molar-refractivity contribution in [3.63, 3.8) is 0 Å². The number of hydrogen-bond acceptors (Lipinski definition) is 39. The molecular formula is C81H99F6O39S3-3. The Bertz CT molecular complexity index is 4870. The molecule has 9 saturated carbocycles. The zero-order valence-corrected chi connectivity index (χ0v) is 73.0. The Hall–Kier alpha value is -7.29. The molecule has 12 bridgehead atoms. The van der Waals surface area contributed by atoms with E-state index in [2.05, 4.69) is 14.2 Å². The highest BCUT2D eigenvalue weighted by Crippen LogP contribution is 2.69. The largest absolute Gasteiger partial charge is 0.743 e. The summed E-state index contributed by atoms with van der Waals surface area (Å²) < 4.78 is 273. The van der Waals surface area contributed by atoms with Gasteiger partial charge < -0.3 is 98.9 Å². The van der Waals surface area contributed by atoms with Gasteiger partial charge in [0.2, 0.25) is 0 Å². The number of ether oxygens (including phenoxy) is 18. The minimum atomic E-state index is -6.09. The third-order valence-corrected chi connectivity index (χ3v) is 34.4. The molecular weight excluding hydrogens is 1810 g/mol. The van der Waals surface area contributed by atoms with Gasteiger partial charge in [0.1, 0.15) is 129 Å². The van der Waals surface area contributed by atoms with Crippen molar-refractivity contribution in [2.75, 3.05) is 39.6 Å². The lowest BCUT2D eigenvalue weighted by Crippen LogP contribution is -2.53. The van der Waals surface area contributed by atoms with Gasteiger partial charge in [-0.2, -0.15) is 26.3 Å². The van der Waals surface area contributed by atoms with Crippen LogP contribution in [0.25, 0.3) is 0 Å². The van der Waals surface area contributed by atoms with Crippen LogP contribution in [0.15, 0.2) is 0 Å². The second-order valence-corrected chi connectivity index (χ2v) is 42.5. The summed E-state index contributed by atoms with van der Waals surface area (Å²) in [6, 6.07) is 0. The fourth-order valence-corrected chi connectivity index (χ4v) is 27.5. The van der Waals surface area contributed by atoms with E-state index in [4.69, 9.17) is 71.1 Å². The molecule has 0 aromatic heterocycles. The first-order valence-electron chi connectivity index (χ1n) is 43.5. The Morgan fingerprint density at radius 1 is 0.403 bits per heavy atom. The summed E-state index contributed by atoms with van der Waals surface area (Å²) in [5.74, 6) is -10.9. The second kappa shape index (κ2) is 34.3. The lowest BCUT2D eigenvalue weighted by molar-refractivity contribution is -0.189. The van der Waals surface area contributed by atoms with E-state index in [0.717, 1.165) is 57.8 Å². The fraction of sp³-hybridized carbons (Fsp3) is 0.852. The minimum Gasteiger partial charge on any atom is -0.743 e. The van der Waals surface area contributed by atoms with E-state index in [1.165, 1.54) is 38.5 Å². The molecule has 18 aliphatic rings. The average Bonchev–Trinajstić information content (AvgIpc) is 1.59. The van der Waals surface area contributed by atoms with E-state index in [9.17, 15) is 123 Å². The topological polar surface area (TPSA) is 543 Å². The maximum atomic E-state index is 13.9. The molecule has 39 nitrogen and oxygen atoms in total. The van der Waals surface area contributed by atoms with Crippen molar-refractivity contribution < 1.29 is 208 Å². The monoisotopic (exact) mass is 1910 g/mol. The van der Waals surface area contributed by atoms with Gasteiger partial charge in [0.05, 0.1) is 0 Å². The molecule has 0 aromatic rings. The van der Waals surface area contributed by atoms with Crippen LogP contribution in [-0.4, -0.2) is 274 Å². The highest BCUT2D eigenvalue weighted by atomic mass is 32.2. The Morgan fingerprint density at radius 2 is 0.705 bits per heavy atom. The smallest absolute Gasteiger partial charge is 0.370 e. The number of fused-ring (bicyclic) bond motifs is 18. The highest BCUT2D eigenvalue weighted by molar-refractivity contribution is 7.87. The van der Waals surface area contributed by atoms with Gasteiger partial charge >= 0.3 is 87.4 Å². The first-order valence-corrected chi connectivity index (χ1v) is 47.8. The summed E-state index contributed by atoms with van der Waals surface area (Å²) in [5, 5.41) is -14.6. The molecule has 18 fully saturated rings. The molecule has 0 aromatic carbocycles. The Morgan fingerprint density at radius 3 is 1.06 bits per heavy atom. The van der Waals surface area contributed by atoms with Crippen molar-refractivity contribution in [2.24, 2.45) is 112 Å². The van der Waals surface area contributed by atoms with Gasteiger partial charge in [-0.1, -0.05) is 40.0 Å². The molecule has 9 aliphatic heterocycles. The molecule has 18 rings (SSSR count). The molecule has 9 saturated heterocycles. The average molecular weight is 1910 g/mol. The van der Waals surface area contributed by atoms with Gasteiger partial charge in [0.25, 0.3) is 0 Å². The summed E-state index contributed by atoms with van der Waals surface area (Å²) in [5.41, 5.74) is -1.90. The fourth-order valence-electron chi connectivity index (χ4n) is 26.1. The lowest BCUT2D eigenvalue weighted by atomic mass is 9.68. The van der Waals surface area contributed by atoms with E-state index in [1.807, 2.05) is 27.7 Å². The van der Waals surface area contributed by atoms with Gasteiger partial charge in [-0.15, -0.1) is 0 Å². The van der Waals surface area contributed by atoms with Gasteiger partial charge in [0, 0.05) is 17.8 Å². The number of carbonyl (C=O) groups is 12. The molecule has 9 heterocycles. The number of rotatable bonds is 32. The Balaban J connectivity index is 0.000000142. The van der Waals surface area contributed by atoms with Crippen molar-refractivity contribution >= 4 is 102 Å². The standard InChI is InChI=1S/C28H36F2O13S.C27H34F2O13S.C26H32F2O13S/c1-11(2)27(8-13-7-16(27)15-6-4-5-14(13)15)43-26(34)20-19-21-24(42-25(19)33)23(22(20)41-21)40-18(32)10-38-9-17(31)39-12(3)28(29,30)44(35,36)37;1-3-26(8-12-7-15(26)14-6-4-5-13(12)14)42-25(33)19-18-20-23(41-24(18)32)22(21(19)40-20)39-17(31)10-37-9-16(30)38-11(2)27(28,29)43(34,35)36;1-10(26(27,28)42(33,34)35)37-15(29)8-36-9-16(30)38-21-20-18(17-19(39-20)22(21)40-23(17)31)24(32)41-25(2)7-11-6-14(25)13-5-3-4-12(11)13/h11-16,19-24H,4-10H2,1-3H3,(H,35,36,37);11-15,18-23H,3-10H2,1-2H3,(H,34,35,36);10-14,17-22H,3-9H2,1-2H3,(H,33,34,35)/p-3. The summed E-state index contributed by atoms with van der Waals surface area (Å²) in [6.45, 7) is 3.88. The number of esters is 12. The maximum Gasteiger partial charge on any atom is 0.370 e. The van der Waals surface area contributed by atoms with Crippen LogP contribution in [0.4, 0.5) is 26.3 Å². The summed E-state index contributed by atoms with van der Waals surface area (Å²) >= 11 is 0. The molecule has 48 heteroatoms. The van der Waals surface area contributed by atoms with Crippen LogP contribution in [0.1, 0.15) is 151 Å². The van der Waals surface area contributed by atoms with Crippen molar-refractivity contribution in [2.45, 2.75) is 275 Å². The predicted octanol–water partition coefficient (Wildman–Crippen LogP) is 3.07. The molecule has 0 N–H and O–H groups in total. The third kappa shape index (κ3) is 16.3. The predicted molar refractivity (Wildman–Crippen MR) is 398 cm³/mol. The van der Waals surface area contributed by atoms with Crippen molar-refractivity contribution in [3.05, 3.63) is 0 Å². The molecule has 9 aliphatic carbocycles. The number of halogens is 6. The van der Waals surface area contributed by atoms with Crippen LogP contribution >= 0.6 is 0 Å². The van der Waals surface area contributed by atoms with Crippen LogP contribution < -0.4 is 0 Å². The Labute approximate surface area is 734 Å². The van der Waals surface area contributed by atoms with Crippen LogP contribution in [0.5, 0.6) is 0 Å². The lowest BCUT2D eigenvalue weighted by Gasteiger charge is -2.46. The summed E-state index contributed by atoms with van der Waals surface area (Å²) in [6.07, 6.45) is -2.90. The normalized spacial score (nSPS) is 41.2. The van der Waals surface area contributed by atoms with E-state index in [1.54, 1.807) is 0 Å². The van der Waals surface area contributed by atoms with Gasteiger partial charge in [-0.25, -0.2) is 54.0 Å². The zero-order chi connectivity index (χ0) is 93.3. The van der Waals surface area contributed by atoms with E-state index in [0.29, 0.717) is 80.5 Å². The van der Waals surface area contributed by atoms with Crippen LogP contribution in [0.2, 0.25) is 0 Å². The first-order chi connectivity index (χ1) is 60.4. The van der Waals surface area contributed by atoms with Crippen molar-refractivity contribution in [1.82, 2.24) is 0 Å². The SMILES string of the molecule is CC(C)C1(OC(=O)C2C3OC4C(OC(=O)C42)C3OC(=O)COCC(=O)OC(C)C(F)(F)S(=O)(=O)[O-])CC2CC1C1CCCC21.CC(OC(=O)COCC(=O)OC1C2OC(=O)C3C2OC1C3C(=O)OC1(C)CC2CC1C1CCCC21)C(F)(F)S(=O)(=O)[O-].CCC1(OC(=O)C2C3OC4C(OC(=O)C42)C3OC(=O)COCC(=O)OC(C)C(F)(F)S(=O)(=O)[O-])CC2CC1C1CCCC21. The minimum absolute atomic E-state index is 0.0576. The quantitative estimate of drug-likeness (QED) is 0.0404. The Kier molecular flexibility index (Phi) is 25.2. The zero-order valence-electron chi connectivity index (χ0n) is 70.6. The van der Waals surface area contributed by atoms with Gasteiger partial charge in [0.15, 0.2) is 85.3 Å². The number of carbonyl (C=O) groups excluding carboxylic acids is 12. The van der Waals surface area contributed by atoms with Crippen LogP contribution in [-0.2, 0) is 173 Å². The molecule has 0 spiro atoms. The van der Waals surface area contributed by atoms with E-state index < -0.39 is 301 Å². The molecule has 720 valence electrons. The first kappa shape index (κ1) is 94.9. The van der Waals surface area contributed by atoms with Gasteiger partial charge in [-0.05, 0) is 170 Å².